The van der Waals surface area contributed by atoms with E-state index in [1.807, 2.05) is 27.2 Å². The quantitative estimate of drug-likeness (QED) is 0.0201. The van der Waals surface area contributed by atoms with Crippen molar-refractivity contribution in [3.05, 3.63) is 60.8 Å². The molecule has 0 radical (unpaired) electrons. The lowest BCUT2D eigenvalue weighted by molar-refractivity contribution is -0.870. The third-order valence-corrected chi connectivity index (χ3v) is 9.52. The number of allylic oxidation sites excluding steroid dienone is 10. The van der Waals surface area contributed by atoms with Crippen LogP contribution in [0.1, 0.15) is 155 Å². The highest BCUT2D eigenvalue weighted by molar-refractivity contribution is 7.45. The molecular weight excluding hydrogens is 701 g/mol. The summed E-state index contributed by atoms with van der Waals surface area (Å²) >= 11 is 0. The first-order chi connectivity index (χ1) is 26.0. The number of phosphoric ester groups is 1. The molecule has 0 aliphatic carbocycles. The van der Waals surface area contributed by atoms with Crippen molar-refractivity contribution in [2.24, 2.45) is 0 Å². The summed E-state index contributed by atoms with van der Waals surface area (Å²) in [6, 6.07) is 0. The zero-order valence-corrected chi connectivity index (χ0v) is 35.8. The molecule has 0 fully saturated rings. The smallest absolute Gasteiger partial charge is 0.306 e. The topological polar surface area (TPSA) is 111 Å². The van der Waals surface area contributed by atoms with Crippen molar-refractivity contribution in [2.75, 3.05) is 47.5 Å². The number of esters is 2. The SMILES string of the molecule is CC/C=C\C/C=C\C/C=C\C/C=C\C/C=C\CCCC(=O)O[C@H](COC(=O)CCCCCCCCCCCCCCC)COP(=O)([O-])OCC[N+](C)(C)C. The third-order valence-electron chi connectivity index (χ3n) is 8.55. The number of hydrogen-bond donors (Lipinski definition) is 0. The lowest BCUT2D eigenvalue weighted by Crippen LogP contribution is -2.37. The molecule has 0 aromatic rings. The largest absolute Gasteiger partial charge is 0.756 e. The maximum absolute atomic E-state index is 12.6. The molecule has 312 valence electrons. The monoisotopic (exact) mass is 780 g/mol. The minimum atomic E-state index is -4.64. The van der Waals surface area contributed by atoms with Crippen LogP contribution < -0.4 is 4.89 Å². The summed E-state index contributed by atoms with van der Waals surface area (Å²) in [5.74, 6) is -0.905. The van der Waals surface area contributed by atoms with Gasteiger partial charge in [0.2, 0.25) is 0 Å². The zero-order valence-electron chi connectivity index (χ0n) is 34.9. The molecule has 0 aliphatic rings. The van der Waals surface area contributed by atoms with E-state index in [-0.39, 0.29) is 26.1 Å². The first-order valence-electron chi connectivity index (χ1n) is 21.0. The van der Waals surface area contributed by atoms with Crippen molar-refractivity contribution < 1.29 is 42.1 Å². The number of nitrogens with zero attached hydrogens (tertiary/aromatic N) is 1. The molecule has 0 rings (SSSR count). The summed E-state index contributed by atoms with van der Waals surface area (Å²) in [6.45, 7) is 4.03. The molecule has 0 N–H and O–H groups in total. The van der Waals surface area contributed by atoms with E-state index in [0.29, 0.717) is 23.9 Å². The van der Waals surface area contributed by atoms with Crippen LogP contribution in [-0.2, 0) is 32.7 Å². The Morgan fingerprint density at radius 1 is 0.593 bits per heavy atom. The van der Waals surface area contributed by atoms with Gasteiger partial charge in [-0.2, -0.15) is 0 Å². The Morgan fingerprint density at radius 2 is 1.06 bits per heavy atom. The fraction of sp³-hybridized carbons (Fsp3) is 0.727. The van der Waals surface area contributed by atoms with Crippen molar-refractivity contribution >= 4 is 19.8 Å². The Hall–Kier alpha value is -2.29. The van der Waals surface area contributed by atoms with Crippen LogP contribution in [0.25, 0.3) is 0 Å². The van der Waals surface area contributed by atoms with Gasteiger partial charge in [0.15, 0.2) is 6.10 Å². The molecule has 0 heterocycles. The molecule has 1 unspecified atom stereocenters. The summed E-state index contributed by atoms with van der Waals surface area (Å²) < 4.78 is 33.8. The molecule has 0 aliphatic heterocycles. The highest BCUT2D eigenvalue weighted by atomic mass is 31.2. The van der Waals surface area contributed by atoms with Crippen LogP contribution in [0.3, 0.4) is 0 Å². The molecule has 0 aromatic carbocycles. The van der Waals surface area contributed by atoms with Gasteiger partial charge in [-0.05, 0) is 51.4 Å². The van der Waals surface area contributed by atoms with Gasteiger partial charge in [-0.3, -0.25) is 14.2 Å². The average Bonchev–Trinajstić information content (AvgIpc) is 3.12. The standard InChI is InChI=1S/C44H78NO8P/c1-6-8-10-12-14-16-18-20-21-22-23-25-27-29-31-33-35-37-44(47)53-42(41-52-54(48,49)51-39-38-45(3,4)5)40-50-43(46)36-34-32-30-28-26-24-19-17-15-13-11-9-7-2/h8,10,14,16,20-21,23,25,29,31,42H,6-7,9,11-13,15,17-19,22,24,26-28,30,32-41H2,1-5H3/b10-8-,16-14-,21-20-,25-23-,31-29-/t42-/m1/s1. The third kappa shape index (κ3) is 39.4. The Kier molecular flexibility index (Phi) is 34.8. The van der Waals surface area contributed by atoms with Gasteiger partial charge in [0.1, 0.15) is 19.8 Å². The van der Waals surface area contributed by atoms with Crippen LogP contribution in [0, 0.1) is 0 Å². The number of rotatable bonds is 37. The maximum Gasteiger partial charge on any atom is 0.306 e. The lowest BCUT2D eigenvalue weighted by Gasteiger charge is -2.28. The van der Waals surface area contributed by atoms with Gasteiger partial charge >= 0.3 is 11.9 Å². The highest BCUT2D eigenvalue weighted by Gasteiger charge is 2.21. The normalized spacial score (nSPS) is 14.3. The van der Waals surface area contributed by atoms with Gasteiger partial charge in [0.05, 0.1) is 27.7 Å². The van der Waals surface area contributed by atoms with E-state index in [4.69, 9.17) is 18.5 Å². The Bertz CT molecular complexity index is 1110. The number of unbranched alkanes of at least 4 members (excludes halogenated alkanes) is 13. The lowest BCUT2D eigenvalue weighted by atomic mass is 10.0. The predicted octanol–water partition coefficient (Wildman–Crippen LogP) is 11.1. The molecule has 0 spiro atoms. The fourth-order valence-corrected chi connectivity index (χ4v) is 6.01. The second kappa shape index (κ2) is 36.4. The molecule has 0 bridgehead atoms. The molecule has 2 atom stereocenters. The van der Waals surface area contributed by atoms with Crippen molar-refractivity contribution in [1.82, 2.24) is 0 Å². The highest BCUT2D eigenvalue weighted by Crippen LogP contribution is 2.38. The summed E-state index contributed by atoms with van der Waals surface area (Å²) in [7, 11) is 1.12. The van der Waals surface area contributed by atoms with Crippen LogP contribution in [-0.4, -0.2) is 70.0 Å². The first kappa shape index (κ1) is 51.7. The van der Waals surface area contributed by atoms with E-state index in [2.05, 4.69) is 68.5 Å². The van der Waals surface area contributed by atoms with E-state index >= 15 is 0 Å². The molecule has 0 saturated carbocycles. The van der Waals surface area contributed by atoms with Gasteiger partial charge < -0.3 is 27.9 Å². The summed E-state index contributed by atoms with van der Waals surface area (Å²) in [4.78, 5) is 37.4. The molecule has 9 nitrogen and oxygen atoms in total. The van der Waals surface area contributed by atoms with E-state index in [0.717, 1.165) is 51.4 Å². The first-order valence-corrected chi connectivity index (χ1v) is 22.5. The Labute approximate surface area is 330 Å². The maximum atomic E-state index is 12.6. The number of phosphoric acid groups is 1. The molecule has 10 heteroatoms. The van der Waals surface area contributed by atoms with Crippen LogP contribution in [0.2, 0.25) is 0 Å². The Morgan fingerprint density at radius 3 is 1.56 bits per heavy atom. The molecule has 54 heavy (non-hydrogen) atoms. The van der Waals surface area contributed by atoms with Crippen molar-refractivity contribution in [1.29, 1.82) is 0 Å². The van der Waals surface area contributed by atoms with Crippen LogP contribution in [0.5, 0.6) is 0 Å². The minimum Gasteiger partial charge on any atom is -0.756 e. The van der Waals surface area contributed by atoms with Crippen molar-refractivity contribution in [3.63, 3.8) is 0 Å². The minimum absolute atomic E-state index is 0.0430. The van der Waals surface area contributed by atoms with Gasteiger partial charge in [0, 0.05) is 12.8 Å². The van der Waals surface area contributed by atoms with Gasteiger partial charge in [-0.15, -0.1) is 0 Å². The number of ether oxygens (including phenoxy) is 2. The van der Waals surface area contributed by atoms with E-state index in [1.165, 1.54) is 64.2 Å². The summed E-state index contributed by atoms with van der Waals surface area (Å²) in [5, 5.41) is 0. The number of quaternary nitrogens is 1. The molecule has 0 amide bonds. The van der Waals surface area contributed by atoms with Gasteiger partial charge in [0.25, 0.3) is 7.82 Å². The van der Waals surface area contributed by atoms with Crippen molar-refractivity contribution in [2.45, 2.75) is 161 Å². The van der Waals surface area contributed by atoms with Crippen LogP contribution in [0.4, 0.5) is 0 Å². The zero-order chi connectivity index (χ0) is 40.0. The number of carbonyl (C=O) groups excluding carboxylic acids is 2. The van der Waals surface area contributed by atoms with E-state index in [9.17, 15) is 19.0 Å². The predicted molar refractivity (Wildman–Crippen MR) is 222 cm³/mol. The second-order valence-electron chi connectivity index (χ2n) is 15.0. The van der Waals surface area contributed by atoms with Crippen molar-refractivity contribution in [3.8, 4) is 0 Å². The molecule has 0 aromatic heterocycles. The molecular formula is C44H78NO8P. The average molecular weight is 780 g/mol. The van der Waals surface area contributed by atoms with E-state index < -0.39 is 32.5 Å². The Balaban J connectivity index is 4.50. The van der Waals surface area contributed by atoms with Crippen LogP contribution >= 0.6 is 7.82 Å². The van der Waals surface area contributed by atoms with Gasteiger partial charge in [-0.25, -0.2) is 0 Å². The molecule has 0 saturated heterocycles. The fourth-order valence-electron chi connectivity index (χ4n) is 5.28. The summed E-state index contributed by atoms with van der Waals surface area (Å²) in [6.07, 6.45) is 42.5. The van der Waals surface area contributed by atoms with Gasteiger partial charge in [-0.1, -0.05) is 152 Å². The number of hydrogen-bond acceptors (Lipinski definition) is 8. The second-order valence-corrected chi connectivity index (χ2v) is 16.4. The number of carbonyl (C=O) groups is 2. The van der Waals surface area contributed by atoms with Crippen LogP contribution in [0.15, 0.2) is 60.8 Å². The van der Waals surface area contributed by atoms with E-state index in [1.54, 1.807) is 0 Å². The summed E-state index contributed by atoms with van der Waals surface area (Å²) in [5.41, 5.74) is 0. The number of likely N-dealkylation sites (N-methyl/N-ethyl adjacent to an activating group) is 1.